The molecule has 0 bridgehead atoms. The molecule has 2 atom stereocenters. The lowest BCUT2D eigenvalue weighted by Gasteiger charge is -2.36. The number of hydrogen-bond donors (Lipinski definition) is 1. The van der Waals surface area contributed by atoms with E-state index >= 15 is 0 Å². The van der Waals surface area contributed by atoms with Crippen LogP contribution >= 0.6 is 0 Å². The van der Waals surface area contributed by atoms with Crippen LogP contribution in [0.5, 0.6) is 0 Å². The van der Waals surface area contributed by atoms with E-state index in [9.17, 15) is 4.79 Å². The molecule has 2 N–H and O–H groups in total. The Hall–Kier alpha value is -1.33. The van der Waals surface area contributed by atoms with Gasteiger partial charge in [-0.1, -0.05) is 0 Å². The van der Waals surface area contributed by atoms with Crippen molar-refractivity contribution in [3.05, 3.63) is 23.5 Å². The van der Waals surface area contributed by atoms with E-state index in [-0.39, 0.29) is 18.1 Å². The molecule has 0 spiro atoms. The van der Waals surface area contributed by atoms with Gasteiger partial charge in [0.1, 0.15) is 0 Å². The fraction of sp³-hybridized carbons (Fsp3) is 0.643. The fourth-order valence-electron chi connectivity index (χ4n) is 2.74. The lowest BCUT2D eigenvalue weighted by atomic mass is 10.1. The molecule has 2 unspecified atom stereocenters. The van der Waals surface area contributed by atoms with Gasteiger partial charge >= 0.3 is 0 Å². The van der Waals surface area contributed by atoms with Crippen LogP contribution < -0.4 is 5.73 Å². The van der Waals surface area contributed by atoms with Crippen molar-refractivity contribution in [2.24, 2.45) is 5.73 Å². The number of aromatic nitrogens is 1. The van der Waals surface area contributed by atoms with Gasteiger partial charge in [0.2, 0.25) is 5.91 Å². The van der Waals surface area contributed by atoms with Gasteiger partial charge in [-0.3, -0.25) is 4.79 Å². The number of hydrogen-bond acceptors (Lipinski definition) is 3. The number of ether oxygens (including phenoxy) is 1. The molecule has 1 amide bonds. The number of methoxy groups -OCH3 is 1. The smallest absolute Gasteiger partial charge is 0.225 e. The maximum atomic E-state index is 12.3. The number of carbonyl (C=O) groups excluding carboxylic acids is 1. The van der Waals surface area contributed by atoms with Gasteiger partial charge < -0.3 is 19.9 Å². The molecule has 0 aliphatic carbocycles. The highest BCUT2D eigenvalue weighted by Gasteiger charge is 2.29. The summed E-state index contributed by atoms with van der Waals surface area (Å²) in [4.78, 5) is 14.3. The molecule has 0 aromatic carbocycles. The Bertz CT molecular complexity index is 452. The van der Waals surface area contributed by atoms with E-state index in [1.54, 1.807) is 7.11 Å². The Morgan fingerprint density at radius 2 is 2.26 bits per heavy atom. The zero-order valence-corrected chi connectivity index (χ0v) is 11.9. The lowest BCUT2D eigenvalue weighted by molar-refractivity contribution is -0.136. The lowest BCUT2D eigenvalue weighted by Crippen LogP contribution is -2.43. The van der Waals surface area contributed by atoms with Gasteiger partial charge in [0.25, 0.3) is 0 Å². The minimum Gasteiger partial charge on any atom is -0.380 e. The Labute approximate surface area is 114 Å². The molecule has 0 fully saturated rings. The molecule has 1 aliphatic heterocycles. The van der Waals surface area contributed by atoms with Gasteiger partial charge in [-0.05, 0) is 26.0 Å². The SMILES string of the molecule is COC(CN)CC(=O)N1CCn2c(C)ccc2C1C. The van der Waals surface area contributed by atoms with Crippen molar-refractivity contribution in [1.82, 2.24) is 9.47 Å². The highest BCUT2D eigenvalue weighted by Crippen LogP contribution is 2.27. The van der Waals surface area contributed by atoms with Crippen LogP contribution in [0.3, 0.4) is 0 Å². The molecule has 0 saturated heterocycles. The third-order valence-electron chi connectivity index (χ3n) is 4.01. The summed E-state index contributed by atoms with van der Waals surface area (Å²) in [6.45, 7) is 6.17. The molecule has 106 valence electrons. The second-order valence-corrected chi connectivity index (χ2v) is 5.11. The third kappa shape index (κ3) is 2.67. The summed E-state index contributed by atoms with van der Waals surface area (Å²) < 4.78 is 7.47. The van der Waals surface area contributed by atoms with Crippen molar-refractivity contribution < 1.29 is 9.53 Å². The molecule has 1 aromatic rings. The summed E-state index contributed by atoms with van der Waals surface area (Å²) in [5.41, 5.74) is 8.04. The summed E-state index contributed by atoms with van der Waals surface area (Å²) in [6.07, 6.45) is 0.173. The Kier molecular flexibility index (Phi) is 4.27. The van der Waals surface area contributed by atoms with Crippen molar-refractivity contribution in [3.8, 4) is 0 Å². The molecule has 2 heterocycles. The largest absolute Gasteiger partial charge is 0.380 e. The van der Waals surface area contributed by atoms with Gasteiger partial charge in [0.05, 0.1) is 18.6 Å². The van der Waals surface area contributed by atoms with Gasteiger partial charge in [-0.2, -0.15) is 0 Å². The number of aryl methyl sites for hydroxylation is 1. The molecular formula is C14H23N3O2. The monoisotopic (exact) mass is 265 g/mol. The predicted octanol–water partition coefficient (Wildman–Crippen LogP) is 1.06. The van der Waals surface area contributed by atoms with Crippen LogP contribution in [0.4, 0.5) is 0 Å². The first-order valence-electron chi connectivity index (χ1n) is 6.76. The zero-order chi connectivity index (χ0) is 14.0. The molecular weight excluding hydrogens is 242 g/mol. The van der Waals surface area contributed by atoms with Crippen LogP contribution in [0, 0.1) is 6.92 Å². The molecule has 0 saturated carbocycles. The average molecular weight is 265 g/mol. The summed E-state index contributed by atoms with van der Waals surface area (Å²) in [5.74, 6) is 0.120. The Morgan fingerprint density at radius 3 is 2.89 bits per heavy atom. The van der Waals surface area contributed by atoms with Crippen LogP contribution in [0.1, 0.15) is 30.8 Å². The van der Waals surface area contributed by atoms with Gasteiger partial charge in [0, 0.05) is 38.1 Å². The number of rotatable bonds is 4. The van der Waals surface area contributed by atoms with E-state index in [0.29, 0.717) is 13.0 Å². The topological polar surface area (TPSA) is 60.5 Å². The maximum Gasteiger partial charge on any atom is 0.225 e. The highest BCUT2D eigenvalue weighted by atomic mass is 16.5. The van der Waals surface area contributed by atoms with E-state index in [2.05, 4.69) is 30.5 Å². The Balaban J connectivity index is 2.09. The third-order valence-corrected chi connectivity index (χ3v) is 4.01. The van der Waals surface area contributed by atoms with Gasteiger partial charge in [0.15, 0.2) is 0 Å². The second-order valence-electron chi connectivity index (χ2n) is 5.11. The van der Waals surface area contributed by atoms with Crippen molar-refractivity contribution in [2.45, 2.75) is 39.0 Å². The number of nitrogens with two attached hydrogens (primary N) is 1. The van der Waals surface area contributed by atoms with E-state index in [1.807, 2.05) is 4.90 Å². The van der Waals surface area contributed by atoms with Crippen LogP contribution in [0.15, 0.2) is 12.1 Å². The van der Waals surface area contributed by atoms with Crippen molar-refractivity contribution >= 4 is 5.91 Å². The summed E-state index contributed by atoms with van der Waals surface area (Å²) in [6, 6.07) is 4.33. The van der Waals surface area contributed by atoms with Crippen LogP contribution in [0.2, 0.25) is 0 Å². The standard InChI is InChI=1S/C14H23N3O2/c1-10-4-5-13-11(2)17(7-6-16(10)13)14(18)8-12(9-15)19-3/h4-5,11-12H,6-9,15H2,1-3H3. The number of nitrogens with zero attached hydrogens (tertiary/aromatic N) is 2. The Morgan fingerprint density at radius 1 is 1.53 bits per heavy atom. The minimum absolute atomic E-state index is 0.116. The normalized spacial score (nSPS) is 20.2. The number of amides is 1. The molecule has 0 radical (unpaired) electrons. The average Bonchev–Trinajstić information content (AvgIpc) is 2.79. The van der Waals surface area contributed by atoms with Crippen LogP contribution in [-0.4, -0.2) is 41.7 Å². The first kappa shape index (κ1) is 14.1. The number of carbonyl (C=O) groups is 1. The molecule has 1 aliphatic rings. The molecule has 5 nitrogen and oxygen atoms in total. The van der Waals surface area contributed by atoms with Crippen molar-refractivity contribution in [1.29, 1.82) is 0 Å². The fourth-order valence-corrected chi connectivity index (χ4v) is 2.74. The molecule has 1 aromatic heterocycles. The first-order valence-corrected chi connectivity index (χ1v) is 6.76. The number of fused-ring (bicyclic) bond motifs is 1. The zero-order valence-electron chi connectivity index (χ0n) is 11.9. The van der Waals surface area contributed by atoms with E-state index < -0.39 is 0 Å². The molecule has 19 heavy (non-hydrogen) atoms. The summed E-state index contributed by atoms with van der Waals surface area (Å²) in [7, 11) is 1.60. The first-order chi connectivity index (χ1) is 9.08. The summed E-state index contributed by atoms with van der Waals surface area (Å²) in [5, 5.41) is 0. The van der Waals surface area contributed by atoms with E-state index in [4.69, 9.17) is 10.5 Å². The highest BCUT2D eigenvalue weighted by molar-refractivity contribution is 5.77. The summed E-state index contributed by atoms with van der Waals surface area (Å²) >= 11 is 0. The molecule has 2 rings (SSSR count). The van der Waals surface area contributed by atoms with Crippen LogP contribution in [-0.2, 0) is 16.1 Å². The maximum absolute atomic E-state index is 12.3. The predicted molar refractivity (Wildman–Crippen MR) is 73.8 cm³/mol. The van der Waals surface area contributed by atoms with E-state index in [1.165, 1.54) is 11.4 Å². The minimum atomic E-state index is -0.185. The quantitative estimate of drug-likeness (QED) is 0.885. The van der Waals surface area contributed by atoms with Gasteiger partial charge in [-0.15, -0.1) is 0 Å². The van der Waals surface area contributed by atoms with Crippen LogP contribution in [0.25, 0.3) is 0 Å². The van der Waals surface area contributed by atoms with Crippen molar-refractivity contribution in [2.75, 3.05) is 20.2 Å². The van der Waals surface area contributed by atoms with Gasteiger partial charge in [-0.25, -0.2) is 0 Å². The molecule has 5 heteroatoms. The van der Waals surface area contributed by atoms with E-state index in [0.717, 1.165) is 13.1 Å². The second kappa shape index (κ2) is 5.75. The van der Waals surface area contributed by atoms with Crippen molar-refractivity contribution in [3.63, 3.8) is 0 Å².